The molecule has 0 spiro atoms. The highest BCUT2D eigenvalue weighted by molar-refractivity contribution is 6.35. The van der Waals surface area contributed by atoms with Gasteiger partial charge < -0.3 is 10.6 Å². The summed E-state index contributed by atoms with van der Waals surface area (Å²) in [5.41, 5.74) is 0.537. The van der Waals surface area contributed by atoms with Crippen molar-refractivity contribution in [2.45, 2.75) is 31.7 Å². The van der Waals surface area contributed by atoms with E-state index in [0.717, 1.165) is 12.8 Å². The van der Waals surface area contributed by atoms with E-state index in [0.29, 0.717) is 15.7 Å². The highest BCUT2D eigenvalue weighted by Crippen LogP contribution is 2.25. The van der Waals surface area contributed by atoms with Crippen molar-refractivity contribution in [3.63, 3.8) is 0 Å². The Morgan fingerprint density at radius 3 is 2.65 bits per heavy atom. The van der Waals surface area contributed by atoms with E-state index in [4.69, 9.17) is 23.2 Å². The lowest BCUT2D eigenvalue weighted by atomic mass is 10.2. The number of carbonyl (C=O) groups excluding carboxylic acids is 1. The van der Waals surface area contributed by atoms with Crippen molar-refractivity contribution in [1.82, 2.24) is 5.32 Å². The summed E-state index contributed by atoms with van der Waals surface area (Å²) < 4.78 is 0. The Balaban J connectivity index is 1.95. The average molecular weight is 273 g/mol. The number of urea groups is 1. The summed E-state index contributed by atoms with van der Waals surface area (Å²) in [6.07, 6.45) is 4.47. The molecule has 0 radical (unpaired) electrons. The molecule has 1 aliphatic rings. The standard InChI is InChI=1S/C12H14Cl2N2O/c13-8-5-6-10(14)11(7-8)16-12(17)15-9-3-1-2-4-9/h5-7,9H,1-4H2,(H2,15,16,17). The zero-order chi connectivity index (χ0) is 12.3. The van der Waals surface area contributed by atoms with E-state index >= 15 is 0 Å². The largest absolute Gasteiger partial charge is 0.335 e. The topological polar surface area (TPSA) is 41.1 Å². The second-order valence-corrected chi connectivity index (χ2v) is 5.05. The number of benzene rings is 1. The first-order chi connectivity index (χ1) is 8.15. The van der Waals surface area contributed by atoms with Crippen molar-refractivity contribution >= 4 is 34.9 Å². The van der Waals surface area contributed by atoms with E-state index in [1.807, 2.05) is 0 Å². The molecule has 0 bridgehead atoms. The van der Waals surface area contributed by atoms with Gasteiger partial charge in [0.2, 0.25) is 0 Å². The molecule has 1 aromatic carbocycles. The minimum Gasteiger partial charge on any atom is -0.335 e. The number of halogens is 2. The second kappa shape index (κ2) is 5.61. The number of anilines is 1. The van der Waals surface area contributed by atoms with E-state index in [1.54, 1.807) is 18.2 Å². The van der Waals surface area contributed by atoms with Crippen LogP contribution in [0.3, 0.4) is 0 Å². The molecule has 0 aromatic heterocycles. The molecule has 0 atom stereocenters. The number of hydrogen-bond acceptors (Lipinski definition) is 1. The molecular weight excluding hydrogens is 259 g/mol. The zero-order valence-electron chi connectivity index (χ0n) is 9.30. The Bertz CT molecular complexity index is 417. The van der Waals surface area contributed by atoms with Crippen molar-refractivity contribution in [3.8, 4) is 0 Å². The summed E-state index contributed by atoms with van der Waals surface area (Å²) in [6.45, 7) is 0. The predicted octanol–water partition coefficient (Wildman–Crippen LogP) is 4.06. The summed E-state index contributed by atoms with van der Waals surface area (Å²) >= 11 is 11.8. The fraction of sp³-hybridized carbons (Fsp3) is 0.417. The lowest BCUT2D eigenvalue weighted by Gasteiger charge is -2.13. The van der Waals surface area contributed by atoms with E-state index < -0.39 is 0 Å². The van der Waals surface area contributed by atoms with Crippen molar-refractivity contribution in [2.75, 3.05) is 5.32 Å². The van der Waals surface area contributed by atoms with Crippen LogP contribution in [0.25, 0.3) is 0 Å². The zero-order valence-corrected chi connectivity index (χ0v) is 10.8. The molecule has 92 valence electrons. The Morgan fingerprint density at radius 1 is 1.24 bits per heavy atom. The number of carbonyl (C=O) groups is 1. The molecule has 5 heteroatoms. The highest BCUT2D eigenvalue weighted by atomic mass is 35.5. The van der Waals surface area contributed by atoms with Crippen LogP contribution in [0.1, 0.15) is 25.7 Å². The van der Waals surface area contributed by atoms with Gasteiger partial charge in [-0.15, -0.1) is 0 Å². The quantitative estimate of drug-likeness (QED) is 0.838. The minimum absolute atomic E-state index is 0.221. The van der Waals surface area contributed by atoms with Crippen LogP contribution in [0.5, 0.6) is 0 Å². The van der Waals surface area contributed by atoms with Gasteiger partial charge in [0.1, 0.15) is 0 Å². The molecule has 1 saturated carbocycles. The Morgan fingerprint density at radius 2 is 1.94 bits per heavy atom. The first-order valence-electron chi connectivity index (χ1n) is 5.68. The maximum atomic E-state index is 11.7. The van der Waals surface area contributed by atoms with Gasteiger partial charge in [-0.3, -0.25) is 0 Å². The van der Waals surface area contributed by atoms with Crippen LogP contribution in [-0.4, -0.2) is 12.1 Å². The summed E-state index contributed by atoms with van der Waals surface area (Å²) in [6, 6.07) is 5.05. The molecule has 0 unspecified atom stereocenters. The molecule has 1 fully saturated rings. The predicted molar refractivity (Wildman–Crippen MR) is 70.9 cm³/mol. The van der Waals surface area contributed by atoms with E-state index in [-0.39, 0.29) is 12.1 Å². The summed E-state index contributed by atoms with van der Waals surface area (Å²) in [5, 5.41) is 6.66. The molecule has 2 N–H and O–H groups in total. The van der Waals surface area contributed by atoms with Crippen molar-refractivity contribution in [3.05, 3.63) is 28.2 Å². The van der Waals surface area contributed by atoms with Gasteiger partial charge in [-0.25, -0.2) is 4.79 Å². The molecule has 1 aromatic rings. The van der Waals surface area contributed by atoms with Crippen LogP contribution < -0.4 is 10.6 Å². The average Bonchev–Trinajstić information content (AvgIpc) is 2.76. The Kier molecular flexibility index (Phi) is 4.13. The SMILES string of the molecule is O=C(Nc1cc(Cl)ccc1Cl)NC1CCCC1. The molecule has 0 saturated heterocycles. The van der Waals surface area contributed by atoms with Crippen LogP contribution in [0.2, 0.25) is 10.0 Å². The summed E-state index contributed by atoms with van der Waals surface area (Å²) in [4.78, 5) is 11.7. The highest BCUT2D eigenvalue weighted by Gasteiger charge is 2.17. The third kappa shape index (κ3) is 3.51. The van der Waals surface area contributed by atoms with Gasteiger partial charge in [0, 0.05) is 11.1 Å². The molecule has 0 heterocycles. The lowest BCUT2D eigenvalue weighted by molar-refractivity contribution is 0.248. The van der Waals surface area contributed by atoms with Crippen LogP contribution >= 0.6 is 23.2 Å². The van der Waals surface area contributed by atoms with Crippen molar-refractivity contribution in [1.29, 1.82) is 0 Å². The minimum atomic E-state index is -0.221. The van der Waals surface area contributed by atoms with Crippen LogP contribution in [-0.2, 0) is 0 Å². The molecule has 3 nitrogen and oxygen atoms in total. The normalized spacial score (nSPS) is 15.9. The molecule has 1 aliphatic carbocycles. The molecular formula is C12H14Cl2N2O. The summed E-state index contributed by atoms with van der Waals surface area (Å²) in [7, 11) is 0. The van der Waals surface area contributed by atoms with Crippen LogP contribution in [0.15, 0.2) is 18.2 Å². The monoisotopic (exact) mass is 272 g/mol. The molecule has 0 aliphatic heterocycles. The van der Waals surface area contributed by atoms with Crippen LogP contribution in [0, 0.1) is 0 Å². The van der Waals surface area contributed by atoms with Crippen LogP contribution in [0.4, 0.5) is 10.5 Å². The number of amides is 2. The summed E-state index contributed by atoms with van der Waals surface area (Å²) in [5.74, 6) is 0. The Labute approximate surface area is 110 Å². The van der Waals surface area contributed by atoms with E-state index in [2.05, 4.69) is 10.6 Å². The second-order valence-electron chi connectivity index (χ2n) is 4.20. The fourth-order valence-corrected chi connectivity index (χ4v) is 2.34. The third-order valence-electron chi connectivity index (χ3n) is 2.87. The van der Waals surface area contributed by atoms with Gasteiger partial charge in [0.25, 0.3) is 0 Å². The maximum absolute atomic E-state index is 11.7. The third-order valence-corrected chi connectivity index (χ3v) is 3.43. The van der Waals surface area contributed by atoms with Gasteiger partial charge in [-0.05, 0) is 31.0 Å². The van der Waals surface area contributed by atoms with Gasteiger partial charge in [-0.1, -0.05) is 36.0 Å². The van der Waals surface area contributed by atoms with Crippen molar-refractivity contribution < 1.29 is 4.79 Å². The van der Waals surface area contributed by atoms with Gasteiger partial charge in [-0.2, -0.15) is 0 Å². The molecule has 17 heavy (non-hydrogen) atoms. The number of rotatable bonds is 2. The molecule has 2 rings (SSSR count). The number of hydrogen-bond donors (Lipinski definition) is 2. The van der Waals surface area contributed by atoms with E-state index in [1.165, 1.54) is 12.8 Å². The first kappa shape index (κ1) is 12.5. The lowest BCUT2D eigenvalue weighted by Crippen LogP contribution is -2.36. The number of nitrogens with one attached hydrogen (secondary N) is 2. The van der Waals surface area contributed by atoms with Gasteiger partial charge in [0.15, 0.2) is 0 Å². The Hall–Kier alpha value is -0.930. The van der Waals surface area contributed by atoms with E-state index in [9.17, 15) is 4.79 Å². The maximum Gasteiger partial charge on any atom is 0.319 e. The van der Waals surface area contributed by atoms with Gasteiger partial charge >= 0.3 is 6.03 Å². The first-order valence-corrected chi connectivity index (χ1v) is 6.43. The molecule has 2 amide bonds. The van der Waals surface area contributed by atoms with Gasteiger partial charge in [0.05, 0.1) is 10.7 Å². The smallest absolute Gasteiger partial charge is 0.319 e. The fourth-order valence-electron chi connectivity index (χ4n) is 2.01. The van der Waals surface area contributed by atoms with Crippen molar-refractivity contribution in [2.24, 2.45) is 0 Å².